The monoisotopic (exact) mass is 314 g/mol. The number of hydrogen-bond donors (Lipinski definition) is 2. The zero-order valence-corrected chi connectivity index (χ0v) is 13.3. The molecule has 1 aromatic rings. The largest absolute Gasteiger partial charge is 0.455 e. The van der Waals surface area contributed by atoms with E-state index in [1.54, 1.807) is 0 Å². The van der Waals surface area contributed by atoms with Gasteiger partial charge in [0.25, 0.3) is 5.91 Å². The molecule has 1 aliphatic rings. The third-order valence-electron chi connectivity index (χ3n) is 4.14. The second kappa shape index (κ2) is 5.81. The highest BCUT2D eigenvalue weighted by molar-refractivity contribution is 7.89. The van der Waals surface area contributed by atoms with E-state index in [4.69, 9.17) is 9.56 Å². The van der Waals surface area contributed by atoms with Crippen molar-refractivity contribution in [2.24, 2.45) is 10.6 Å². The average molecular weight is 314 g/mol. The predicted molar refractivity (Wildman–Crippen MR) is 78.3 cm³/mol. The molecule has 0 aliphatic heterocycles. The van der Waals surface area contributed by atoms with Gasteiger partial charge in [0.1, 0.15) is 10.7 Å². The summed E-state index contributed by atoms with van der Waals surface area (Å²) in [6, 6.07) is 1.18. The summed E-state index contributed by atoms with van der Waals surface area (Å²) in [7, 11) is -3.87. The maximum absolute atomic E-state index is 12.1. The molecule has 1 amide bonds. The van der Waals surface area contributed by atoms with Gasteiger partial charge in [-0.15, -0.1) is 0 Å². The second-order valence-electron chi connectivity index (χ2n) is 6.13. The lowest BCUT2D eigenvalue weighted by molar-refractivity contribution is 0.0890. The number of hydrogen-bond acceptors (Lipinski definition) is 4. The normalized spacial score (nSPS) is 18.4. The summed E-state index contributed by atoms with van der Waals surface area (Å²) in [5.41, 5.74) is 0.109. The SMILES string of the molecule is Cc1oc(C(=O)NCC2(C)CCCCC2)cc1S(N)(=O)=O. The Hall–Kier alpha value is -1.34. The van der Waals surface area contributed by atoms with Gasteiger partial charge in [0.05, 0.1) is 0 Å². The van der Waals surface area contributed by atoms with Gasteiger partial charge in [-0.05, 0) is 25.2 Å². The van der Waals surface area contributed by atoms with Crippen LogP contribution in [0.15, 0.2) is 15.4 Å². The fourth-order valence-electron chi connectivity index (χ4n) is 2.82. The van der Waals surface area contributed by atoms with Gasteiger partial charge in [-0.1, -0.05) is 26.2 Å². The molecule has 1 fully saturated rings. The van der Waals surface area contributed by atoms with Crippen molar-refractivity contribution in [3.8, 4) is 0 Å². The minimum absolute atomic E-state index is 0.0177. The van der Waals surface area contributed by atoms with Crippen molar-refractivity contribution < 1.29 is 17.6 Å². The van der Waals surface area contributed by atoms with E-state index in [0.29, 0.717) is 6.54 Å². The van der Waals surface area contributed by atoms with Crippen LogP contribution in [0, 0.1) is 12.3 Å². The minimum atomic E-state index is -3.87. The molecule has 118 valence electrons. The van der Waals surface area contributed by atoms with Gasteiger partial charge in [-0.3, -0.25) is 4.79 Å². The molecule has 1 aromatic heterocycles. The molecule has 0 unspecified atom stereocenters. The molecule has 0 aromatic carbocycles. The second-order valence-corrected chi connectivity index (χ2v) is 7.66. The van der Waals surface area contributed by atoms with Crippen molar-refractivity contribution >= 4 is 15.9 Å². The number of carbonyl (C=O) groups excluding carboxylic acids is 1. The summed E-state index contributed by atoms with van der Waals surface area (Å²) in [6.45, 7) is 4.20. The molecule has 0 bridgehead atoms. The summed E-state index contributed by atoms with van der Waals surface area (Å²) in [5.74, 6) is -0.290. The van der Waals surface area contributed by atoms with Crippen LogP contribution in [0.25, 0.3) is 0 Å². The molecule has 0 radical (unpaired) electrons. The van der Waals surface area contributed by atoms with Crippen molar-refractivity contribution in [2.75, 3.05) is 6.54 Å². The maximum atomic E-state index is 12.1. The van der Waals surface area contributed by atoms with Gasteiger partial charge < -0.3 is 9.73 Å². The lowest BCUT2D eigenvalue weighted by Crippen LogP contribution is -2.36. The lowest BCUT2D eigenvalue weighted by Gasteiger charge is -2.33. The van der Waals surface area contributed by atoms with Gasteiger partial charge in [0.15, 0.2) is 5.76 Å². The summed E-state index contributed by atoms with van der Waals surface area (Å²) in [4.78, 5) is 11.9. The Labute approximate surface area is 125 Å². The van der Waals surface area contributed by atoms with Crippen LogP contribution in [-0.4, -0.2) is 20.9 Å². The van der Waals surface area contributed by atoms with Gasteiger partial charge >= 0.3 is 0 Å². The number of rotatable bonds is 4. The summed E-state index contributed by atoms with van der Waals surface area (Å²) in [6.07, 6.45) is 5.79. The van der Waals surface area contributed by atoms with Crippen LogP contribution in [-0.2, 0) is 10.0 Å². The molecule has 1 aliphatic carbocycles. The Bertz CT molecular complexity index is 627. The molecule has 6 nitrogen and oxygen atoms in total. The van der Waals surface area contributed by atoms with E-state index in [9.17, 15) is 13.2 Å². The van der Waals surface area contributed by atoms with E-state index in [0.717, 1.165) is 12.8 Å². The van der Waals surface area contributed by atoms with Crippen LogP contribution in [0.5, 0.6) is 0 Å². The Morgan fingerprint density at radius 3 is 2.52 bits per heavy atom. The van der Waals surface area contributed by atoms with Crippen LogP contribution in [0.2, 0.25) is 0 Å². The molecular weight excluding hydrogens is 292 g/mol. The highest BCUT2D eigenvalue weighted by Crippen LogP contribution is 2.35. The lowest BCUT2D eigenvalue weighted by atomic mass is 9.76. The van der Waals surface area contributed by atoms with Crippen molar-refractivity contribution in [3.05, 3.63) is 17.6 Å². The number of carbonyl (C=O) groups is 1. The van der Waals surface area contributed by atoms with E-state index < -0.39 is 15.9 Å². The van der Waals surface area contributed by atoms with Crippen LogP contribution in [0.1, 0.15) is 55.3 Å². The average Bonchev–Trinajstić information content (AvgIpc) is 2.79. The topological polar surface area (TPSA) is 102 Å². The third kappa shape index (κ3) is 3.85. The van der Waals surface area contributed by atoms with E-state index in [-0.39, 0.29) is 21.8 Å². The Morgan fingerprint density at radius 1 is 1.38 bits per heavy atom. The number of sulfonamides is 1. The fourth-order valence-corrected chi connectivity index (χ4v) is 3.54. The number of aryl methyl sites for hydroxylation is 1. The minimum Gasteiger partial charge on any atom is -0.455 e. The van der Waals surface area contributed by atoms with E-state index in [2.05, 4.69) is 12.2 Å². The van der Waals surface area contributed by atoms with Crippen molar-refractivity contribution in [1.82, 2.24) is 5.32 Å². The molecule has 1 saturated carbocycles. The molecule has 0 spiro atoms. The summed E-state index contributed by atoms with van der Waals surface area (Å²) in [5, 5.41) is 7.90. The zero-order chi connectivity index (χ0) is 15.7. The molecule has 0 atom stereocenters. The van der Waals surface area contributed by atoms with Gasteiger partial charge in [0, 0.05) is 12.6 Å². The standard InChI is InChI=1S/C14H22N2O4S/c1-10-12(21(15,18)19)8-11(20-10)13(17)16-9-14(2)6-4-3-5-7-14/h8H,3-7,9H2,1-2H3,(H,16,17)(H2,15,18,19). The molecule has 2 rings (SSSR count). The van der Waals surface area contributed by atoms with E-state index in [1.165, 1.54) is 32.3 Å². The molecule has 1 heterocycles. The first-order valence-corrected chi connectivity index (χ1v) is 8.67. The number of primary sulfonamides is 1. The van der Waals surface area contributed by atoms with Crippen molar-refractivity contribution in [3.63, 3.8) is 0 Å². The van der Waals surface area contributed by atoms with Crippen molar-refractivity contribution in [1.29, 1.82) is 0 Å². The Kier molecular flexibility index (Phi) is 4.43. The van der Waals surface area contributed by atoms with Crippen LogP contribution >= 0.6 is 0 Å². The van der Waals surface area contributed by atoms with Gasteiger partial charge in [-0.2, -0.15) is 0 Å². The quantitative estimate of drug-likeness (QED) is 0.886. The molecule has 21 heavy (non-hydrogen) atoms. The first-order chi connectivity index (χ1) is 9.71. The first-order valence-electron chi connectivity index (χ1n) is 7.13. The molecule has 0 saturated heterocycles. The van der Waals surface area contributed by atoms with Crippen LogP contribution in [0.4, 0.5) is 0 Å². The Balaban J connectivity index is 2.04. The number of nitrogens with one attached hydrogen (secondary N) is 1. The first kappa shape index (κ1) is 16.0. The number of amides is 1. The third-order valence-corrected chi connectivity index (χ3v) is 5.16. The van der Waals surface area contributed by atoms with Crippen LogP contribution < -0.4 is 10.5 Å². The van der Waals surface area contributed by atoms with E-state index in [1.807, 2.05) is 0 Å². The highest BCUT2D eigenvalue weighted by Gasteiger charge is 2.28. The molecular formula is C14H22N2O4S. The predicted octanol–water partition coefficient (Wildman–Crippen LogP) is 1.94. The van der Waals surface area contributed by atoms with Gasteiger partial charge in [0.2, 0.25) is 10.0 Å². The molecule has 7 heteroatoms. The Morgan fingerprint density at radius 2 is 2.00 bits per heavy atom. The number of furan rings is 1. The maximum Gasteiger partial charge on any atom is 0.287 e. The van der Waals surface area contributed by atoms with Crippen LogP contribution in [0.3, 0.4) is 0 Å². The molecule has 3 N–H and O–H groups in total. The zero-order valence-electron chi connectivity index (χ0n) is 12.4. The smallest absolute Gasteiger partial charge is 0.287 e. The summed E-state index contributed by atoms with van der Waals surface area (Å²) >= 11 is 0. The van der Waals surface area contributed by atoms with Crippen molar-refractivity contribution in [2.45, 2.75) is 50.8 Å². The fraction of sp³-hybridized carbons (Fsp3) is 0.643. The summed E-state index contributed by atoms with van der Waals surface area (Å²) < 4.78 is 27.9. The van der Waals surface area contributed by atoms with Gasteiger partial charge in [-0.25, -0.2) is 13.6 Å². The highest BCUT2D eigenvalue weighted by atomic mass is 32.2. The van der Waals surface area contributed by atoms with E-state index >= 15 is 0 Å². The number of nitrogens with two attached hydrogens (primary N) is 1.